The van der Waals surface area contributed by atoms with Crippen molar-refractivity contribution >= 4 is 23.1 Å². The molecular weight excluding hydrogens is 294 g/mol. The average Bonchev–Trinajstić information content (AvgIpc) is 2.78. The van der Waals surface area contributed by atoms with E-state index in [1.165, 1.54) is 0 Å². The van der Waals surface area contributed by atoms with Crippen LogP contribution in [-0.4, -0.2) is 36.0 Å². The Labute approximate surface area is 133 Å². The zero-order valence-electron chi connectivity index (χ0n) is 12.8. The van der Waals surface area contributed by atoms with Crippen molar-refractivity contribution in [2.45, 2.75) is 26.0 Å². The van der Waals surface area contributed by atoms with Crippen LogP contribution in [0, 0.1) is 18.3 Å². The molecule has 2 aromatic rings. The predicted molar refractivity (Wildman–Crippen MR) is 84.1 cm³/mol. The van der Waals surface area contributed by atoms with Crippen LogP contribution < -0.4 is 5.32 Å². The van der Waals surface area contributed by atoms with Gasteiger partial charge >= 0.3 is 0 Å². The molecule has 2 heterocycles. The van der Waals surface area contributed by atoms with Gasteiger partial charge in [0.1, 0.15) is 24.7 Å². The summed E-state index contributed by atoms with van der Waals surface area (Å²) in [5.74, 6) is -0.114. The highest BCUT2D eigenvalue weighted by Crippen LogP contribution is 2.26. The number of benzene rings is 1. The van der Waals surface area contributed by atoms with E-state index in [1.54, 1.807) is 12.1 Å². The molecule has 1 aliphatic heterocycles. The van der Waals surface area contributed by atoms with Gasteiger partial charge in [0, 0.05) is 23.0 Å². The number of ether oxygens (including phenoxy) is 1. The Kier molecular flexibility index (Phi) is 4.13. The number of nitrogens with zero attached hydrogens (tertiary/aromatic N) is 2. The maximum atomic E-state index is 11.4. The van der Waals surface area contributed by atoms with Crippen LogP contribution in [0.15, 0.2) is 18.2 Å². The Morgan fingerprint density at radius 1 is 1.52 bits per heavy atom. The molecule has 6 nitrogen and oxygen atoms in total. The summed E-state index contributed by atoms with van der Waals surface area (Å²) in [6, 6.07) is 7.62. The maximum Gasteiger partial charge on any atom is 0.246 e. The number of amides is 1. The van der Waals surface area contributed by atoms with Gasteiger partial charge in [-0.05, 0) is 37.1 Å². The molecule has 6 heteroatoms. The van der Waals surface area contributed by atoms with Crippen LogP contribution in [-0.2, 0) is 16.1 Å². The molecule has 118 valence electrons. The summed E-state index contributed by atoms with van der Waals surface area (Å²) in [5.41, 5.74) is 2.92. The van der Waals surface area contributed by atoms with Gasteiger partial charge in [0.15, 0.2) is 0 Å². The summed E-state index contributed by atoms with van der Waals surface area (Å²) in [6.45, 7) is 2.99. The molecule has 0 radical (unpaired) electrons. The van der Waals surface area contributed by atoms with Crippen molar-refractivity contribution in [1.82, 2.24) is 9.88 Å². The number of nitriles is 1. The Bertz CT molecular complexity index is 817. The molecule has 0 saturated carbocycles. The van der Waals surface area contributed by atoms with Gasteiger partial charge in [-0.25, -0.2) is 0 Å². The van der Waals surface area contributed by atoms with Crippen LogP contribution in [0.1, 0.15) is 28.0 Å². The monoisotopic (exact) mass is 311 g/mol. The number of carbonyl (C=O) groups is 2. The topological polar surface area (TPSA) is 84.1 Å². The van der Waals surface area contributed by atoms with E-state index < -0.39 is 0 Å². The molecule has 1 saturated heterocycles. The van der Waals surface area contributed by atoms with Crippen molar-refractivity contribution in [2.75, 3.05) is 13.2 Å². The van der Waals surface area contributed by atoms with Gasteiger partial charge in [0.05, 0.1) is 12.6 Å². The second kappa shape index (κ2) is 6.23. The predicted octanol–water partition coefficient (Wildman–Crippen LogP) is 1.54. The van der Waals surface area contributed by atoms with Crippen LogP contribution in [0.5, 0.6) is 0 Å². The van der Waals surface area contributed by atoms with Crippen molar-refractivity contribution in [2.24, 2.45) is 0 Å². The van der Waals surface area contributed by atoms with Crippen LogP contribution in [0.4, 0.5) is 0 Å². The third-order valence-corrected chi connectivity index (χ3v) is 4.26. The SMILES string of the molecule is Cc1c(C=O)ccc2c1cc(C#N)n2CC1CCNC(=O)CO1. The molecule has 1 aromatic heterocycles. The van der Waals surface area contributed by atoms with Crippen LogP contribution in [0.2, 0.25) is 0 Å². The van der Waals surface area contributed by atoms with Gasteiger partial charge in [-0.15, -0.1) is 0 Å². The van der Waals surface area contributed by atoms with E-state index in [9.17, 15) is 14.9 Å². The number of aromatic nitrogens is 1. The minimum atomic E-state index is -0.136. The van der Waals surface area contributed by atoms with Gasteiger partial charge in [0.25, 0.3) is 0 Å². The first-order chi connectivity index (χ1) is 11.1. The number of carbonyl (C=O) groups excluding carboxylic acids is 2. The Morgan fingerprint density at radius 2 is 2.35 bits per heavy atom. The molecule has 1 N–H and O–H groups in total. The fourth-order valence-corrected chi connectivity index (χ4v) is 2.96. The summed E-state index contributed by atoms with van der Waals surface area (Å²) in [4.78, 5) is 22.4. The van der Waals surface area contributed by atoms with Gasteiger partial charge in [-0.2, -0.15) is 5.26 Å². The third kappa shape index (κ3) is 2.83. The highest BCUT2D eigenvalue weighted by molar-refractivity contribution is 5.92. The minimum Gasteiger partial charge on any atom is -0.366 e. The molecule has 0 spiro atoms. The number of aldehydes is 1. The maximum absolute atomic E-state index is 11.4. The van der Waals surface area contributed by atoms with E-state index in [0.29, 0.717) is 30.8 Å². The first kappa shape index (κ1) is 15.3. The van der Waals surface area contributed by atoms with Gasteiger partial charge in [0.2, 0.25) is 5.91 Å². The van der Waals surface area contributed by atoms with E-state index in [-0.39, 0.29) is 18.6 Å². The van der Waals surface area contributed by atoms with Gasteiger partial charge in [-0.3, -0.25) is 9.59 Å². The fraction of sp³-hybridized carbons (Fsp3) is 0.353. The molecule has 0 bridgehead atoms. The molecule has 23 heavy (non-hydrogen) atoms. The fourth-order valence-electron chi connectivity index (χ4n) is 2.96. The second-order valence-electron chi connectivity index (χ2n) is 5.65. The first-order valence-electron chi connectivity index (χ1n) is 7.50. The summed E-state index contributed by atoms with van der Waals surface area (Å²) in [5, 5.41) is 13.1. The number of hydrogen-bond acceptors (Lipinski definition) is 4. The van der Waals surface area contributed by atoms with E-state index in [0.717, 1.165) is 22.8 Å². The molecule has 0 aliphatic carbocycles. The molecule has 1 atom stereocenters. The van der Waals surface area contributed by atoms with E-state index in [2.05, 4.69) is 11.4 Å². The van der Waals surface area contributed by atoms with Crippen LogP contribution >= 0.6 is 0 Å². The molecule has 1 unspecified atom stereocenters. The van der Waals surface area contributed by atoms with Gasteiger partial charge < -0.3 is 14.6 Å². The number of fused-ring (bicyclic) bond motifs is 1. The minimum absolute atomic E-state index is 0.0417. The molecule has 1 aromatic carbocycles. The van der Waals surface area contributed by atoms with Gasteiger partial charge in [-0.1, -0.05) is 0 Å². The van der Waals surface area contributed by atoms with E-state index in [1.807, 2.05) is 17.6 Å². The highest BCUT2D eigenvalue weighted by atomic mass is 16.5. The lowest BCUT2D eigenvalue weighted by atomic mass is 10.1. The number of aryl methyl sites for hydroxylation is 1. The smallest absolute Gasteiger partial charge is 0.246 e. The second-order valence-corrected chi connectivity index (χ2v) is 5.65. The summed E-state index contributed by atoms with van der Waals surface area (Å²) in [7, 11) is 0. The molecule has 1 amide bonds. The van der Waals surface area contributed by atoms with Crippen molar-refractivity contribution in [3.63, 3.8) is 0 Å². The third-order valence-electron chi connectivity index (χ3n) is 4.26. The standard InChI is InChI=1S/C17H17N3O3/c1-11-12(9-21)2-3-16-15(11)6-13(7-18)20(16)8-14-4-5-19-17(22)10-23-14/h2-3,6,9,14H,4-5,8,10H2,1H3,(H,19,22). The van der Waals surface area contributed by atoms with Crippen molar-refractivity contribution in [1.29, 1.82) is 5.26 Å². The molecular formula is C17H17N3O3. The number of rotatable bonds is 3. The highest BCUT2D eigenvalue weighted by Gasteiger charge is 2.20. The summed E-state index contributed by atoms with van der Waals surface area (Å²) < 4.78 is 7.51. The molecule has 3 rings (SSSR count). The average molecular weight is 311 g/mol. The first-order valence-corrected chi connectivity index (χ1v) is 7.50. The van der Waals surface area contributed by atoms with Crippen LogP contribution in [0.3, 0.4) is 0 Å². The van der Waals surface area contributed by atoms with E-state index >= 15 is 0 Å². The lowest BCUT2D eigenvalue weighted by Gasteiger charge is -2.16. The lowest BCUT2D eigenvalue weighted by molar-refractivity contribution is -0.125. The van der Waals surface area contributed by atoms with E-state index in [4.69, 9.17) is 4.74 Å². The quantitative estimate of drug-likeness (QED) is 0.871. The number of nitrogens with one attached hydrogen (secondary N) is 1. The zero-order valence-corrected chi connectivity index (χ0v) is 12.8. The molecule has 1 aliphatic rings. The zero-order chi connectivity index (χ0) is 16.4. The van der Waals surface area contributed by atoms with Crippen molar-refractivity contribution < 1.29 is 14.3 Å². The normalized spacial score (nSPS) is 18.3. The number of hydrogen-bond donors (Lipinski definition) is 1. The Hall–Kier alpha value is -2.65. The van der Waals surface area contributed by atoms with Crippen molar-refractivity contribution in [3.05, 3.63) is 35.0 Å². The Balaban J connectivity index is 1.99. The van der Waals surface area contributed by atoms with Crippen LogP contribution in [0.25, 0.3) is 10.9 Å². The largest absolute Gasteiger partial charge is 0.366 e. The Morgan fingerprint density at radius 3 is 3.09 bits per heavy atom. The lowest BCUT2D eigenvalue weighted by Crippen LogP contribution is -2.24. The summed E-state index contributed by atoms with van der Waals surface area (Å²) >= 11 is 0. The summed E-state index contributed by atoms with van der Waals surface area (Å²) in [6.07, 6.45) is 1.38. The van der Waals surface area contributed by atoms with Crippen molar-refractivity contribution in [3.8, 4) is 6.07 Å². The molecule has 1 fully saturated rings.